The lowest BCUT2D eigenvalue weighted by Crippen LogP contribution is -2.32. The number of nitriles is 1. The molecule has 1 aromatic rings. The van der Waals surface area contributed by atoms with Crippen molar-refractivity contribution in [1.29, 1.82) is 5.26 Å². The fraction of sp³-hybridized carbons (Fsp3) is 0.533. The van der Waals surface area contributed by atoms with Crippen molar-refractivity contribution in [3.63, 3.8) is 0 Å². The zero-order valence-electron chi connectivity index (χ0n) is 11.8. The number of aliphatic hydroxyl groups is 1. The lowest BCUT2D eigenvalue weighted by atomic mass is 9.81. The average Bonchev–Trinajstić information content (AvgIpc) is 2.41. The summed E-state index contributed by atoms with van der Waals surface area (Å²) in [5, 5.41) is 18.9. The molecule has 0 radical (unpaired) electrons. The van der Waals surface area contributed by atoms with Crippen molar-refractivity contribution < 1.29 is 13.5 Å². The zero-order chi connectivity index (χ0) is 15.7. The lowest BCUT2D eigenvalue weighted by Gasteiger charge is -2.32. The van der Waals surface area contributed by atoms with Crippen LogP contribution in [0.3, 0.4) is 0 Å². The Morgan fingerprint density at radius 1 is 1.43 bits per heavy atom. The third kappa shape index (κ3) is 4.06. The molecule has 0 saturated heterocycles. The summed E-state index contributed by atoms with van der Waals surface area (Å²) >= 11 is 3.22. The van der Waals surface area contributed by atoms with Gasteiger partial charge >= 0.3 is 0 Å². The number of hydrogen-bond acceptors (Lipinski definition) is 4. The molecule has 21 heavy (non-hydrogen) atoms. The molecule has 4 nitrogen and oxygen atoms in total. The molecule has 0 spiro atoms. The highest BCUT2D eigenvalue weighted by atomic mass is 79.9. The van der Waals surface area contributed by atoms with E-state index in [0.29, 0.717) is 35.7 Å². The molecule has 0 unspecified atom stereocenters. The van der Waals surface area contributed by atoms with Crippen molar-refractivity contribution in [3.05, 3.63) is 28.2 Å². The minimum atomic E-state index is -3.40. The largest absolute Gasteiger partial charge is 0.390 e. The number of hydrogen-bond donors (Lipinski definition) is 1. The van der Waals surface area contributed by atoms with E-state index in [0.717, 1.165) is 0 Å². The highest BCUT2D eigenvalue weighted by Crippen LogP contribution is 2.33. The first-order valence-electron chi connectivity index (χ1n) is 6.88. The Kier molecular flexibility index (Phi) is 4.76. The second-order valence-corrected chi connectivity index (χ2v) is 8.86. The second kappa shape index (κ2) is 6.07. The van der Waals surface area contributed by atoms with E-state index in [1.54, 1.807) is 13.0 Å². The van der Waals surface area contributed by atoms with Crippen LogP contribution in [0.5, 0.6) is 0 Å². The van der Waals surface area contributed by atoms with Gasteiger partial charge in [-0.3, -0.25) is 0 Å². The van der Waals surface area contributed by atoms with E-state index in [4.69, 9.17) is 5.26 Å². The predicted molar refractivity (Wildman–Crippen MR) is 83.5 cm³/mol. The van der Waals surface area contributed by atoms with Gasteiger partial charge in [0.15, 0.2) is 9.84 Å². The third-order valence-corrected chi connectivity index (χ3v) is 6.63. The van der Waals surface area contributed by atoms with Gasteiger partial charge in [-0.2, -0.15) is 5.26 Å². The summed E-state index contributed by atoms with van der Waals surface area (Å²) in [5.74, 6) is 0.152. The first kappa shape index (κ1) is 16.5. The Morgan fingerprint density at radius 2 is 2.05 bits per heavy atom. The molecule has 0 heterocycles. The molecule has 1 saturated carbocycles. The Hall–Kier alpha value is -0.900. The van der Waals surface area contributed by atoms with Gasteiger partial charge in [-0.25, -0.2) is 8.42 Å². The van der Waals surface area contributed by atoms with Gasteiger partial charge < -0.3 is 5.11 Å². The lowest BCUT2D eigenvalue weighted by molar-refractivity contribution is 0.0108. The maximum absolute atomic E-state index is 12.5. The maximum Gasteiger partial charge on any atom is 0.178 e. The molecule has 1 aliphatic carbocycles. The first-order chi connectivity index (χ1) is 9.73. The van der Waals surface area contributed by atoms with Gasteiger partial charge in [-0.05, 0) is 72.7 Å². The van der Waals surface area contributed by atoms with Crippen molar-refractivity contribution in [1.82, 2.24) is 0 Å². The predicted octanol–water partition coefficient (Wildman–Crippen LogP) is 3.04. The van der Waals surface area contributed by atoms with Gasteiger partial charge in [-0.15, -0.1) is 0 Å². The van der Waals surface area contributed by atoms with Gasteiger partial charge in [0.2, 0.25) is 0 Å². The highest BCUT2D eigenvalue weighted by Gasteiger charge is 2.31. The quantitative estimate of drug-likeness (QED) is 0.885. The van der Waals surface area contributed by atoms with E-state index >= 15 is 0 Å². The topological polar surface area (TPSA) is 78.2 Å². The summed E-state index contributed by atoms with van der Waals surface area (Å²) in [6.07, 6.45) is 2.70. The molecule has 114 valence electrons. The third-order valence-electron chi connectivity index (χ3n) is 4.05. The molecule has 0 atom stereocenters. The van der Waals surface area contributed by atoms with Crippen LogP contribution in [-0.2, 0) is 9.84 Å². The number of rotatable bonds is 3. The SMILES string of the molecule is C[C@]1(O)CC[C@H](CS(=O)(=O)c2ccc(Br)c(C#N)c2)CC1. The second-order valence-electron chi connectivity index (χ2n) is 5.98. The van der Waals surface area contributed by atoms with Crippen LogP contribution in [0.15, 0.2) is 27.6 Å². The van der Waals surface area contributed by atoms with Crippen LogP contribution in [0.4, 0.5) is 0 Å². The van der Waals surface area contributed by atoms with E-state index in [1.807, 2.05) is 6.07 Å². The van der Waals surface area contributed by atoms with Crippen LogP contribution in [0.1, 0.15) is 38.2 Å². The summed E-state index contributed by atoms with van der Waals surface area (Å²) in [7, 11) is -3.40. The molecule has 1 N–H and O–H groups in total. The number of nitrogens with zero attached hydrogens (tertiary/aromatic N) is 1. The van der Waals surface area contributed by atoms with E-state index in [9.17, 15) is 13.5 Å². The van der Waals surface area contributed by atoms with Crippen molar-refractivity contribution in [2.75, 3.05) is 5.75 Å². The fourth-order valence-corrected chi connectivity index (χ4v) is 4.71. The molecular formula is C15H18BrNO3S. The van der Waals surface area contributed by atoms with Crippen LogP contribution in [0, 0.1) is 17.2 Å². The van der Waals surface area contributed by atoms with E-state index in [-0.39, 0.29) is 16.6 Å². The molecular weight excluding hydrogens is 354 g/mol. The monoisotopic (exact) mass is 371 g/mol. The van der Waals surface area contributed by atoms with E-state index in [1.165, 1.54) is 12.1 Å². The molecule has 0 amide bonds. The molecule has 0 bridgehead atoms. The van der Waals surface area contributed by atoms with Crippen LogP contribution in [0.25, 0.3) is 0 Å². The average molecular weight is 372 g/mol. The van der Waals surface area contributed by atoms with Crippen molar-refractivity contribution in [3.8, 4) is 6.07 Å². The van der Waals surface area contributed by atoms with Crippen LogP contribution in [-0.4, -0.2) is 24.9 Å². The maximum atomic E-state index is 12.5. The van der Waals surface area contributed by atoms with E-state index in [2.05, 4.69) is 15.9 Å². The Morgan fingerprint density at radius 3 is 2.62 bits per heavy atom. The van der Waals surface area contributed by atoms with Crippen LogP contribution >= 0.6 is 15.9 Å². The summed E-state index contributed by atoms with van der Waals surface area (Å²) in [4.78, 5) is 0.194. The zero-order valence-corrected chi connectivity index (χ0v) is 14.2. The Balaban J connectivity index is 2.14. The molecule has 0 aromatic heterocycles. The van der Waals surface area contributed by atoms with Crippen molar-refractivity contribution in [2.24, 2.45) is 5.92 Å². The molecule has 0 aliphatic heterocycles. The molecule has 1 aromatic carbocycles. The van der Waals surface area contributed by atoms with Gasteiger partial charge in [-0.1, -0.05) is 0 Å². The summed E-state index contributed by atoms with van der Waals surface area (Å²) in [6, 6.07) is 6.51. The highest BCUT2D eigenvalue weighted by molar-refractivity contribution is 9.10. The smallest absolute Gasteiger partial charge is 0.178 e. The van der Waals surface area contributed by atoms with Crippen LogP contribution < -0.4 is 0 Å². The minimum Gasteiger partial charge on any atom is -0.390 e. The molecule has 1 fully saturated rings. The van der Waals surface area contributed by atoms with Gasteiger partial charge in [0.25, 0.3) is 0 Å². The summed E-state index contributed by atoms with van der Waals surface area (Å²) in [5.41, 5.74) is -0.339. The standard InChI is InChI=1S/C15H18BrNO3S/c1-15(18)6-4-11(5-7-15)10-21(19,20)13-2-3-14(16)12(8-13)9-17/h2-3,8,11,18H,4-7,10H2,1H3/t11-,15-. The number of halogens is 1. The van der Waals surface area contributed by atoms with Crippen molar-refractivity contribution >= 4 is 25.8 Å². The van der Waals surface area contributed by atoms with Gasteiger partial charge in [0.1, 0.15) is 6.07 Å². The van der Waals surface area contributed by atoms with Crippen molar-refractivity contribution in [2.45, 2.75) is 43.1 Å². The number of benzene rings is 1. The molecule has 6 heteroatoms. The Labute approximate surface area is 133 Å². The minimum absolute atomic E-state index is 0.0735. The Bertz CT molecular complexity index is 667. The summed E-state index contributed by atoms with van der Waals surface area (Å²) in [6.45, 7) is 1.80. The van der Waals surface area contributed by atoms with Gasteiger partial charge in [0.05, 0.1) is 21.8 Å². The summed E-state index contributed by atoms with van der Waals surface area (Å²) < 4.78 is 25.5. The normalized spacial score (nSPS) is 26.3. The molecule has 2 rings (SSSR count). The van der Waals surface area contributed by atoms with E-state index < -0.39 is 15.4 Å². The first-order valence-corrected chi connectivity index (χ1v) is 9.33. The number of sulfone groups is 1. The molecule has 1 aliphatic rings. The fourth-order valence-electron chi connectivity index (χ4n) is 2.66. The van der Waals surface area contributed by atoms with Crippen LogP contribution in [0.2, 0.25) is 0 Å². The van der Waals surface area contributed by atoms with Gasteiger partial charge in [0, 0.05) is 4.47 Å².